The zero-order valence-corrected chi connectivity index (χ0v) is 18.6. The predicted molar refractivity (Wildman–Crippen MR) is 125 cm³/mol. The number of urea groups is 1. The van der Waals surface area contributed by atoms with Crippen molar-refractivity contribution in [2.45, 2.75) is 26.1 Å². The lowest BCUT2D eigenvalue weighted by molar-refractivity contribution is -0.137. The first-order chi connectivity index (χ1) is 16.2. The first kappa shape index (κ1) is 23.4. The van der Waals surface area contributed by atoms with Gasteiger partial charge in [-0.15, -0.1) is 0 Å². The Morgan fingerprint density at radius 3 is 2.44 bits per heavy atom. The van der Waals surface area contributed by atoms with Crippen LogP contribution in [-0.4, -0.2) is 29.9 Å². The van der Waals surface area contributed by atoms with E-state index in [0.29, 0.717) is 31.0 Å². The number of nitrogens with zero attached hydrogens (tertiary/aromatic N) is 2. The molecular formula is C26H24F3N3O2. The Morgan fingerprint density at radius 1 is 0.971 bits per heavy atom. The number of benzene rings is 3. The molecule has 8 heteroatoms. The van der Waals surface area contributed by atoms with Crippen molar-refractivity contribution in [3.8, 4) is 0 Å². The first-order valence-electron chi connectivity index (χ1n) is 10.9. The summed E-state index contributed by atoms with van der Waals surface area (Å²) < 4.78 is 38.9. The highest BCUT2D eigenvalue weighted by atomic mass is 19.4. The lowest BCUT2D eigenvalue weighted by Gasteiger charge is -2.36. The predicted octanol–water partition coefficient (Wildman–Crippen LogP) is 6.10. The average Bonchev–Trinajstić information content (AvgIpc) is 2.81. The molecule has 0 atom stereocenters. The molecule has 5 nitrogen and oxygen atoms in total. The summed E-state index contributed by atoms with van der Waals surface area (Å²) in [6.45, 7) is 3.70. The Hall–Kier alpha value is -3.81. The standard InChI is InChI=1S/C26H24F3N3O2/c1-18-9-11-19(12-10-18)17-31-13-4-14-32(25(31)34)23-8-3-7-22(16-23)30-24(33)20-5-2-6-21(15-20)26(27,28)29/h2-3,5-12,15-16H,4,13-14,17H2,1H3,(H,30,33). The van der Waals surface area contributed by atoms with Gasteiger partial charge in [0.25, 0.3) is 5.91 Å². The molecule has 0 aliphatic carbocycles. The highest BCUT2D eigenvalue weighted by Gasteiger charge is 2.31. The van der Waals surface area contributed by atoms with Crippen LogP contribution in [0.15, 0.2) is 72.8 Å². The van der Waals surface area contributed by atoms with Crippen molar-refractivity contribution in [3.63, 3.8) is 0 Å². The number of rotatable bonds is 5. The molecule has 4 rings (SSSR count). The number of halogens is 3. The molecule has 0 saturated carbocycles. The third-order valence-electron chi connectivity index (χ3n) is 5.67. The molecule has 1 aliphatic heterocycles. The van der Waals surface area contributed by atoms with E-state index < -0.39 is 17.6 Å². The number of amides is 3. The topological polar surface area (TPSA) is 52.6 Å². The maximum absolute atomic E-state index is 13.1. The van der Waals surface area contributed by atoms with Crippen LogP contribution in [0.1, 0.15) is 33.5 Å². The van der Waals surface area contributed by atoms with Gasteiger partial charge in [-0.05, 0) is 55.3 Å². The summed E-state index contributed by atoms with van der Waals surface area (Å²) in [5.41, 5.74) is 2.21. The van der Waals surface area contributed by atoms with Gasteiger partial charge in [-0.1, -0.05) is 42.0 Å². The van der Waals surface area contributed by atoms with Crippen molar-refractivity contribution in [2.75, 3.05) is 23.3 Å². The number of nitrogens with one attached hydrogen (secondary N) is 1. The Morgan fingerprint density at radius 2 is 1.71 bits per heavy atom. The molecule has 1 saturated heterocycles. The molecule has 0 aromatic heterocycles. The summed E-state index contributed by atoms with van der Waals surface area (Å²) in [6, 6.07) is 18.9. The Bertz CT molecular complexity index is 1190. The number of hydrogen-bond donors (Lipinski definition) is 1. The van der Waals surface area contributed by atoms with Gasteiger partial charge >= 0.3 is 12.2 Å². The maximum Gasteiger partial charge on any atom is 0.416 e. The molecule has 1 heterocycles. The van der Waals surface area contributed by atoms with Crippen molar-refractivity contribution in [3.05, 3.63) is 95.1 Å². The zero-order valence-electron chi connectivity index (χ0n) is 18.6. The summed E-state index contributed by atoms with van der Waals surface area (Å²) in [5.74, 6) is -0.658. The Labute approximate surface area is 195 Å². The monoisotopic (exact) mass is 467 g/mol. The van der Waals surface area contributed by atoms with Crippen molar-refractivity contribution < 1.29 is 22.8 Å². The van der Waals surface area contributed by atoms with Gasteiger partial charge in [-0.3, -0.25) is 9.69 Å². The normalized spacial score (nSPS) is 14.3. The molecule has 176 valence electrons. The first-order valence-corrected chi connectivity index (χ1v) is 10.9. The molecule has 0 spiro atoms. The minimum absolute atomic E-state index is 0.0986. The lowest BCUT2D eigenvalue weighted by Crippen LogP contribution is -2.49. The van der Waals surface area contributed by atoms with E-state index in [1.54, 1.807) is 34.1 Å². The maximum atomic E-state index is 13.1. The van der Waals surface area contributed by atoms with Crippen molar-refractivity contribution >= 4 is 23.3 Å². The molecule has 1 fully saturated rings. The molecule has 1 N–H and O–H groups in total. The molecule has 3 amide bonds. The van der Waals surface area contributed by atoms with Crippen LogP contribution in [0.4, 0.5) is 29.3 Å². The number of carbonyl (C=O) groups is 2. The van der Waals surface area contributed by atoms with Crippen LogP contribution >= 0.6 is 0 Å². The van der Waals surface area contributed by atoms with E-state index in [2.05, 4.69) is 5.32 Å². The van der Waals surface area contributed by atoms with Crippen LogP contribution in [0.5, 0.6) is 0 Å². The fraction of sp³-hybridized carbons (Fsp3) is 0.231. The molecule has 34 heavy (non-hydrogen) atoms. The van der Waals surface area contributed by atoms with Gasteiger partial charge < -0.3 is 10.2 Å². The van der Waals surface area contributed by atoms with Crippen LogP contribution in [0, 0.1) is 6.92 Å². The van der Waals surface area contributed by atoms with Crippen molar-refractivity contribution in [1.82, 2.24) is 4.90 Å². The Kier molecular flexibility index (Phi) is 6.58. The number of hydrogen-bond acceptors (Lipinski definition) is 2. The van der Waals surface area contributed by atoms with Crippen molar-refractivity contribution in [1.29, 1.82) is 0 Å². The second-order valence-electron chi connectivity index (χ2n) is 8.28. The fourth-order valence-electron chi connectivity index (χ4n) is 3.87. The largest absolute Gasteiger partial charge is 0.416 e. The van der Waals surface area contributed by atoms with E-state index >= 15 is 0 Å². The van der Waals surface area contributed by atoms with E-state index in [9.17, 15) is 22.8 Å². The highest BCUT2D eigenvalue weighted by molar-refractivity contribution is 6.05. The van der Waals surface area contributed by atoms with E-state index in [4.69, 9.17) is 0 Å². The van der Waals surface area contributed by atoms with Crippen LogP contribution in [0.25, 0.3) is 0 Å². The molecule has 0 radical (unpaired) electrons. The van der Waals surface area contributed by atoms with Crippen LogP contribution < -0.4 is 10.2 Å². The summed E-state index contributed by atoms with van der Waals surface area (Å²) in [7, 11) is 0. The smallest absolute Gasteiger partial charge is 0.322 e. The number of anilines is 2. The molecule has 3 aromatic rings. The summed E-state index contributed by atoms with van der Waals surface area (Å²) >= 11 is 0. The van der Waals surface area contributed by atoms with E-state index in [1.807, 2.05) is 31.2 Å². The van der Waals surface area contributed by atoms with E-state index in [0.717, 1.165) is 29.7 Å². The second kappa shape index (κ2) is 9.59. The zero-order chi connectivity index (χ0) is 24.3. The fourth-order valence-corrected chi connectivity index (χ4v) is 3.87. The van der Waals surface area contributed by atoms with Gasteiger partial charge in [-0.2, -0.15) is 13.2 Å². The van der Waals surface area contributed by atoms with Gasteiger partial charge in [-0.25, -0.2) is 4.79 Å². The molecular weight excluding hydrogens is 443 g/mol. The minimum Gasteiger partial charge on any atom is -0.322 e. The van der Waals surface area contributed by atoms with Crippen molar-refractivity contribution in [2.24, 2.45) is 0 Å². The second-order valence-corrected chi connectivity index (χ2v) is 8.28. The van der Waals surface area contributed by atoms with Gasteiger partial charge in [0, 0.05) is 36.6 Å². The minimum atomic E-state index is -4.53. The molecule has 0 unspecified atom stereocenters. The Balaban J connectivity index is 1.48. The quantitative estimate of drug-likeness (QED) is 0.493. The summed E-state index contributed by atoms with van der Waals surface area (Å²) in [4.78, 5) is 29.1. The van der Waals surface area contributed by atoms with Crippen LogP contribution in [0.2, 0.25) is 0 Å². The highest BCUT2D eigenvalue weighted by Crippen LogP contribution is 2.30. The molecule has 0 bridgehead atoms. The number of aryl methyl sites for hydroxylation is 1. The third kappa shape index (κ3) is 5.39. The van der Waals surface area contributed by atoms with Gasteiger partial charge in [0.2, 0.25) is 0 Å². The van der Waals surface area contributed by atoms with Gasteiger partial charge in [0.05, 0.1) is 5.56 Å². The third-order valence-corrected chi connectivity index (χ3v) is 5.67. The number of carbonyl (C=O) groups excluding carboxylic acids is 2. The summed E-state index contributed by atoms with van der Waals surface area (Å²) in [6.07, 6.45) is -3.74. The molecule has 3 aromatic carbocycles. The van der Waals surface area contributed by atoms with Crippen LogP contribution in [-0.2, 0) is 12.7 Å². The number of alkyl halides is 3. The summed E-state index contributed by atoms with van der Waals surface area (Å²) in [5, 5.41) is 2.63. The SMILES string of the molecule is Cc1ccc(CN2CCCN(c3cccc(NC(=O)c4cccc(C(F)(F)F)c4)c3)C2=O)cc1. The van der Waals surface area contributed by atoms with E-state index in [1.165, 1.54) is 12.1 Å². The molecule has 1 aliphatic rings. The van der Waals surface area contributed by atoms with Gasteiger partial charge in [0.15, 0.2) is 0 Å². The average molecular weight is 467 g/mol. The van der Waals surface area contributed by atoms with Gasteiger partial charge in [0.1, 0.15) is 0 Å². The van der Waals surface area contributed by atoms with E-state index in [-0.39, 0.29) is 11.6 Å². The van der Waals surface area contributed by atoms with Crippen LogP contribution in [0.3, 0.4) is 0 Å². The lowest BCUT2D eigenvalue weighted by atomic mass is 10.1.